The summed E-state index contributed by atoms with van der Waals surface area (Å²) in [5, 5.41) is 2.87. The van der Waals surface area contributed by atoms with E-state index in [0.29, 0.717) is 9.23 Å². The van der Waals surface area contributed by atoms with Crippen molar-refractivity contribution in [1.82, 2.24) is 4.90 Å². The van der Waals surface area contributed by atoms with E-state index in [1.54, 1.807) is 6.08 Å². The van der Waals surface area contributed by atoms with Crippen molar-refractivity contribution in [2.24, 2.45) is 0 Å². The van der Waals surface area contributed by atoms with Gasteiger partial charge in [-0.3, -0.25) is 14.5 Å². The normalized spacial score (nSPS) is 15.6. The van der Waals surface area contributed by atoms with Gasteiger partial charge in [0.05, 0.1) is 4.91 Å². The molecule has 0 saturated carbocycles. The Labute approximate surface area is 174 Å². The van der Waals surface area contributed by atoms with Crippen molar-refractivity contribution in [2.75, 3.05) is 11.9 Å². The van der Waals surface area contributed by atoms with Crippen molar-refractivity contribution in [3.05, 3.63) is 82.8 Å². The summed E-state index contributed by atoms with van der Waals surface area (Å²) in [7, 11) is 0. The summed E-state index contributed by atoms with van der Waals surface area (Å²) < 4.78 is 0.392. The van der Waals surface area contributed by atoms with Gasteiger partial charge >= 0.3 is 0 Å². The number of benzene rings is 2. The maximum Gasteiger partial charge on any atom is 0.266 e. The molecule has 0 aliphatic carbocycles. The van der Waals surface area contributed by atoms with E-state index in [-0.39, 0.29) is 18.4 Å². The van der Waals surface area contributed by atoms with Gasteiger partial charge in [0.2, 0.25) is 5.91 Å². The lowest BCUT2D eigenvalue weighted by Crippen LogP contribution is -2.36. The summed E-state index contributed by atoms with van der Waals surface area (Å²) in [5.41, 5.74) is 2.86. The average Bonchev–Trinajstić information content (AvgIpc) is 2.97. The van der Waals surface area contributed by atoms with Gasteiger partial charge < -0.3 is 5.32 Å². The van der Waals surface area contributed by atoms with Crippen molar-refractivity contribution in [3.8, 4) is 0 Å². The molecule has 1 heterocycles. The molecule has 4 nitrogen and oxygen atoms in total. The molecule has 2 aromatic carbocycles. The number of rotatable bonds is 6. The Bertz CT molecular complexity index is 952. The van der Waals surface area contributed by atoms with Gasteiger partial charge in [0.15, 0.2) is 0 Å². The second-order valence-electron chi connectivity index (χ2n) is 6.12. The Hall–Kier alpha value is -2.70. The molecule has 1 N–H and O–H groups in total. The van der Waals surface area contributed by atoms with Crippen LogP contribution < -0.4 is 5.32 Å². The minimum Gasteiger partial charge on any atom is -0.324 e. The third kappa shape index (κ3) is 4.97. The quantitative estimate of drug-likeness (QED) is 0.559. The van der Waals surface area contributed by atoms with Crippen LogP contribution in [0.4, 0.5) is 5.69 Å². The fourth-order valence-corrected chi connectivity index (χ4v) is 3.95. The molecule has 1 fully saturated rings. The Morgan fingerprint density at radius 2 is 1.86 bits per heavy atom. The number of amides is 2. The predicted octanol–water partition coefficient (Wildman–Crippen LogP) is 4.65. The zero-order valence-corrected chi connectivity index (χ0v) is 17.1. The molecule has 6 heteroatoms. The van der Waals surface area contributed by atoms with E-state index in [0.717, 1.165) is 23.2 Å². The number of hydrogen-bond acceptors (Lipinski definition) is 4. The molecule has 0 unspecified atom stereocenters. The van der Waals surface area contributed by atoms with Gasteiger partial charge in [0.1, 0.15) is 10.9 Å². The highest BCUT2D eigenvalue weighted by atomic mass is 32.2. The largest absolute Gasteiger partial charge is 0.324 e. The van der Waals surface area contributed by atoms with Gasteiger partial charge in [0, 0.05) is 5.69 Å². The van der Waals surface area contributed by atoms with E-state index in [9.17, 15) is 9.59 Å². The molecule has 1 aliphatic rings. The minimum absolute atomic E-state index is 0.0948. The number of allylic oxidation sites excluding steroid dienone is 2. The Kier molecular flexibility index (Phi) is 6.79. The number of aryl methyl sites for hydroxylation is 1. The number of carbonyl (C=O) groups is 2. The average molecular weight is 409 g/mol. The van der Waals surface area contributed by atoms with Crippen LogP contribution in [-0.2, 0) is 16.0 Å². The van der Waals surface area contributed by atoms with Crippen LogP contribution in [0.5, 0.6) is 0 Å². The first-order valence-corrected chi connectivity index (χ1v) is 10.2. The lowest BCUT2D eigenvalue weighted by Gasteiger charge is -2.15. The van der Waals surface area contributed by atoms with Crippen LogP contribution in [0.25, 0.3) is 6.08 Å². The predicted molar refractivity (Wildman–Crippen MR) is 120 cm³/mol. The van der Waals surface area contributed by atoms with E-state index < -0.39 is 0 Å². The number of anilines is 1. The van der Waals surface area contributed by atoms with E-state index in [1.165, 1.54) is 16.7 Å². The monoisotopic (exact) mass is 408 g/mol. The van der Waals surface area contributed by atoms with Crippen LogP contribution in [0, 0.1) is 0 Å². The van der Waals surface area contributed by atoms with Crippen molar-refractivity contribution < 1.29 is 9.59 Å². The van der Waals surface area contributed by atoms with Crippen LogP contribution >= 0.6 is 24.0 Å². The highest BCUT2D eigenvalue weighted by molar-refractivity contribution is 8.26. The molecule has 0 atom stereocenters. The summed E-state index contributed by atoms with van der Waals surface area (Å²) in [4.78, 5) is 26.9. The van der Waals surface area contributed by atoms with Gasteiger partial charge in [-0.15, -0.1) is 0 Å². The first-order chi connectivity index (χ1) is 13.6. The number of thioether (sulfide) groups is 1. The number of carbonyl (C=O) groups excluding carboxylic acids is 2. The summed E-state index contributed by atoms with van der Waals surface area (Å²) in [6.07, 6.45) is 6.28. The second-order valence-corrected chi connectivity index (χ2v) is 7.79. The van der Waals surface area contributed by atoms with Crippen LogP contribution in [0.3, 0.4) is 0 Å². The Morgan fingerprint density at radius 1 is 1.14 bits per heavy atom. The molecule has 2 amide bonds. The molecule has 1 aliphatic heterocycles. The van der Waals surface area contributed by atoms with E-state index in [1.807, 2.05) is 73.7 Å². The van der Waals surface area contributed by atoms with Crippen molar-refractivity contribution >= 4 is 51.9 Å². The molecule has 0 spiro atoms. The number of nitrogens with zero attached hydrogens (tertiary/aromatic N) is 1. The fraction of sp³-hybridized carbons (Fsp3) is 0.136. The van der Waals surface area contributed by atoms with E-state index in [2.05, 4.69) is 5.32 Å². The van der Waals surface area contributed by atoms with E-state index in [4.69, 9.17) is 12.2 Å². The second kappa shape index (κ2) is 9.48. The van der Waals surface area contributed by atoms with Crippen LogP contribution in [0.15, 0.2) is 71.7 Å². The molecular formula is C22H20N2O2S2. The zero-order chi connectivity index (χ0) is 19.9. The third-order valence-corrected chi connectivity index (χ3v) is 5.58. The third-order valence-electron chi connectivity index (χ3n) is 4.18. The molecule has 142 valence electrons. The topological polar surface area (TPSA) is 49.4 Å². The SMILES string of the molecule is CCc1ccccc1NC(=O)CN1C(=O)/C(=C\C=C\c2ccccc2)SC1=S. The smallest absolute Gasteiger partial charge is 0.266 e. The molecule has 0 bridgehead atoms. The minimum atomic E-state index is -0.265. The number of para-hydroxylation sites is 1. The lowest BCUT2D eigenvalue weighted by molar-refractivity contribution is -0.126. The van der Waals surface area contributed by atoms with Crippen molar-refractivity contribution in [2.45, 2.75) is 13.3 Å². The summed E-state index contributed by atoms with van der Waals surface area (Å²) in [5.74, 6) is -0.509. The highest BCUT2D eigenvalue weighted by Crippen LogP contribution is 2.31. The lowest BCUT2D eigenvalue weighted by atomic mass is 10.1. The van der Waals surface area contributed by atoms with Gasteiger partial charge in [0.25, 0.3) is 5.91 Å². The summed E-state index contributed by atoms with van der Waals surface area (Å²) in [6, 6.07) is 17.4. The first-order valence-electron chi connectivity index (χ1n) is 8.93. The van der Waals surface area contributed by atoms with Crippen LogP contribution in [-0.4, -0.2) is 27.6 Å². The molecule has 2 aromatic rings. The van der Waals surface area contributed by atoms with Gasteiger partial charge in [-0.1, -0.05) is 91.6 Å². The molecule has 0 aromatic heterocycles. The van der Waals surface area contributed by atoms with E-state index >= 15 is 0 Å². The highest BCUT2D eigenvalue weighted by Gasteiger charge is 2.33. The Morgan fingerprint density at radius 3 is 2.61 bits per heavy atom. The van der Waals surface area contributed by atoms with Crippen molar-refractivity contribution in [1.29, 1.82) is 0 Å². The maximum atomic E-state index is 12.6. The zero-order valence-electron chi connectivity index (χ0n) is 15.4. The molecular weight excluding hydrogens is 388 g/mol. The number of thiocarbonyl (C=S) groups is 1. The number of hydrogen-bond donors (Lipinski definition) is 1. The van der Waals surface area contributed by atoms with Gasteiger partial charge in [-0.05, 0) is 29.7 Å². The molecule has 1 saturated heterocycles. The standard InChI is InChI=1S/C22H20N2O2S2/c1-2-17-12-6-7-13-18(17)23-20(25)15-24-21(26)19(28-22(24)27)14-8-11-16-9-4-3-5-10-16/h3-14H,2,15H2,1H3,(H,23,25)/b11-8+,19-14+. The fourth-order valence-electron chi connectivity index (χ4n) is 2.75. The van der Waals surface area contributed by atoms with Crippen LogP contribution in [0.2, 0.25) is 0 Å². The summed E-state index contributed by atoms with van der Waals surface area (Å²) in [6.45, 7) is 1.93. The van der Waals surface area contributed by atoms with Crippen molar-refractivity contribution in [3.63, 3.8) is 0 Å². The summed E-state index contributed by atoms with van der Waals surface area (Å²) >= 11 is 6.50. The van der Waals surface area contributed by atoms with Crippen LogP contribution in [0.1, 0.15) is 18.1 Å². The molecule has 0 radical (unpaired) electrons. The number of nitrogens with one attached hydrogen (secondary N) is 1. The van der Waals surface area contributed by atoms with Gasteiger partial charge in [-0.25, -0.2) is 0 Å². The maximum absolute atomic E-state index is 12.6. The molecule has 28 heavy (non-hydrogen) atoms. The first kappa shape index (κ1) is 20.0. The molecule has 3 rings (SSSR count). The van der Waals surface area contributed by atoms with Gasteiger partial charge in [-0.2, -0.15) is 0 Å². The Balaban J connectivity index is 1.64.